The fraction of sp³-hybridized carbons (Fsp3) is 0.714. The second kappa shape index (κ2) is 4.77. The van der Waals surface area contributed by atoms with Crippen molar-refractivity contribution in [2.24, 2.45) is 29.4 Å². The number of fused-ring (bicyclic) bond motifs is 5. The molecule has 1 aliphatic heterocycles. The van der Waals surface area contributed by atoms with Crippen LogP contribution < -0.4 is 5.73 Å². The van der Waals surface area contributed by atoms with Crippen molar-refractivity contribution in [1.29, 1.82) is 0 Å². The molecule has 3 N–H and O–H groups in total. The predicted molar refractivity (Wildman–Crippen MR) is 75.2 cm³/mol. The minimum absolute atomic E-state index is 0.0690. The molecule has 0 aromatic rings. The number of carbonyl (C=O) groups excluding carboxylic acids is 1. The Hall–Kier alpha value is -1.01. The molecule has 0 aromatic carbocycles. The summed E-state index contributed by atoms with van der Waals surface area (Å²) in [6.45, 7) is 0. The van der Waals surface area contributed by atoms with Gasteiger partial charge in [-0.25, -0.2) is 0 Å². The molecule has 1 saturated carbocycles. The minimum Gasteiger partial charge on any atom is -0.480 e. The lowest BCUT2D eigenvalue weighted by Gasteiger charge is -2.34. The minimum atomic E-state index is -1.48. The molecule has 1 saturated heterocycles. The van der Waals surface area contributed by atoms with Gasteiger partial charge in [0, 0.05) is 5.92 Å². The molecular weight excluding hydrogens is 278 g/mol. The number of ether oxygens (including phenoxy) is 1. The number of allylic oxidation sites excluding steroid dienone is 2. The SMILES string of the molecule is CSCC[C@](N)(C(=O)O)[C@@H]1OC(=O)[C@@H]2[C@H]1[C@@H]1C=C[C@H]2C1. The summed E-state index contributed by atoms with van der Waals surface area (Å²) in [5.41, 5.74) is 4.69. The first-order valence-corrected chi connectivity index (χ1v) is 8.28. The van der Waals surface area contributed by atoms with E-state index in [4.69, 9.17) is 10.5 Å². The topological polar surface area (TPSA) is 89.6 Å². The van der Waals surface area contributed by atoms with E-state index in [-0.39, 0.29) is 29.6 Å². The molecule has 6 heteroatoms. The fourth-order valence-electron chi connectivity index (χ4n) is 3.98. The molecule has 110 valence electrons. The lowest BCUT2D eigenvalue weighted by atomic mass is 9.74. The van der Waals surface area contributed by atoms with Crippen molar-refractivity contribution in [2.75, 3.05) is 12.0 Å². The number of carbonyl (C=O) groups is 2. The van der Waals surface area contributed by atoms with E-state index in [1.54, 1.807) is 11.8 Å². The van der Waals surface area contributed by atoms with Crippen LogP contribution in [0.15, 0.2) is 12.2 Å². The maximum atomic E-state index is 12.1. The summed E-state index contributed by atoms with van der Waals surface area (Å²) in [5, 5.41) is 9.55. The van der Waals surface area contributed by atoms with Crippen molar-refractivity contribution in [1.82, 2.24) is 0 Å². The van der Waals surface area contributed by atoms with Crippen LogP contribution in [0.5, 0.6) is 0 Å². The van der Waals surface area contributed by atoms with Gasteiger partial charge < -0.3 is 15.6 Å². The lowest BCUT2D eigenvalue weighted by Crippen LogP contribution is -2.60. The van der Waals surface area contributed by atoms with Crippen molar-refractivity contribution < 1.29 is 19.4 Å². The van der Waals surface area contributed by atoms with Gasteiger partial charge in [0.25, 0.3) is 0 Å². The van der Waals surface area contributed by atoms with Crippen LogP contribution in [0.4, 0.5) is 0 Å². The van der Waals surface area contributed by atoms with Gasteiger partial charge in [-0.2, -0.15) is 11.8 Å². The molecule has 0 aromatic heterocycles. The van der Waals surface area contributed by atoms with Gasteiger partial charge in [-0.3, -0.25) is 9.59 Å². The molecule has 0 spiro atoms. The summed E-state index contributed by atoms with van der Waals surface area (Å²) >= 11 is 1.55. The second-order valence-electron chi connectivity index (χ2n) is 6.00. The molecule has 0 unspecified atom stereocenters. The monoisotopic (exact) mass is 297 g/mol. The van der Waals surface area contributed by atoms with E-state index >= 15 is 0 Å². The van der Waals surface area contributed by atoms with Crippen LogP contribution in [0.2, 0.25) is 0 Å². The number of esters is 1. The highest BCUT2D eigenvalue weighted by Crippen LogP contribution is 2.55. The highest BCUT2D eigenvalue weighted by molar-refractivity contribution is 7.98. The Balaban J connectivity index is 1.90. The van der Waals surface area contributed by atoms with E-state index < -0.39 is 17.6 Å². The molecule has 6 atom stereocenters. The van der Waals surface area contributed by atoms with Gasteiger partial charge in [0.15, 0.2) is 5.54 Å². The molecule has 2 bridgehead atoms. The summed E-state index contributed by atoms with van der Waals surface area (Å²) < 4.78 is 5.44. The number of thioether (sulfide) groups is 1. The average Bonchev–Trinajstić information content (AvgIpc) is 3.08. The third kappa shape index (κ3) is 1.81. The normalized spacial score (nSPS) is 40.5. The summed E-state index contributed by atoms with van der Waals surface area (Å²) in [7, 11) is 0. The molecule has 0 radical (unpaired) electrons. The maximum absolute atomic E-state index is 12.1. The van der Waals surface area contributed by atoms with E-state index in [0.29, 0.717) is 12.2 Å². The first-order valence-electron chi connectivity index (χ1n) is 6.89. The van der Waals surface area contributed by atoms with Crippen molar-refractivity contribution in [3.05, 3.63) is 12.2 Å². The summed E-state index contributed by atoms with van der Waals surface area (Å²) in [6, 6.07) is 0. The van der Waals surface area contributed by atoms with Crippen molar-refractivity contribution >= 4 is 23.7 Å². The highest BCUT2D eigenvalue weighted by Gasteiger charge is 2.63. The summed E-state index contributed by atoms with van der Waals surface area (Å²) in [4.78, 5) is 23.8. The molecule has 1 heterocycles. The van der Waals surface area contributed by atoms with E-state index in [1.165, 1.54) is 0 Å². The van der Waals surface area contributed by atoms with Crippen molar-refractivity contribution in [3.8, 4) is 0 Å². The van der Waals surface area contributed by atoms with Gasteiger partial charge in [0.2, 0.25) is 0 Å². The van der Waals surface area contributed by atoms with Crippen LogP contribution in [-0.4, -0.2) is 40.7 Å². The Morgan fingerprint density at radius 1 is 1.55 bits per heavy atom. The quantitative estimate of drug-likeness (QED) is 0.578. The zero-order valence-corrected chi connectivity index (χ0v) is 12.1. The first kappa shape index (κ1) is 13.9. The standard InChI is InChI=1S/C14H19NO4S/c1-20-5-4-14(15,13(17)18)11-9-7-2-3-8(6-7)10(9)12(16)19-11/h2-3,7-11H,4-6,15H2,1H3,(H,17,18)/t7-,8+,9-,10+,11-,14-/m1/s1. The van der Waals surface area contributed by atoms with Gasteiger partial charge >= 0.3 is 11.9 Å². The van der Waals surface area contributed by atoms with Crippen LogP contribution in [0, 0.1) is 23.7 Å². The largest absolute Gasteiger partial charge is 0.480 e. The van der Waals surface area contributed by atoms with Crippen LogP contribution in [0.3, 0.4) is 0 Å². The number of hydrogen-bond donors (Lipinski definition) is 2. The number of hydrogen-bond acceptors (Lipinski definition) is 5. The van der Waals surface area contributed by atoms with Crippen LogP contribution in [-0.2, 0) is 14.3 Å². The van der Waals surface area contributed by atoms with E-state index in [9.17, 15) is 14.7 Å². The van der Waals surface area contributed by atoms with Crippen molar-refractivity contribution in [2.45, 2.75) is 24.5 Å². The molecule has 2 aliphatic carbocycles. The Morgan fingerprint density at radius 2 is 2.25 bits per heavy atom. The number of carboxylic acid groups (broad SMARTS) is 1. The number of aliphatic carboxylic acids is 1. The Bertz CT molecular complexity index is 480. The van der Waals surface area contributed by atoms with E-state index in [2.05, 4.69) is 12.2 Å². The average molecular weight is 297 g/mol. The number of cyclic esters (lactones) is 1. The summed E-state index contributed by atoms with van der Waals surface area (Å²) in [5.74, 6) is -0.516. The molecular formula is C14H19NO4S. The Morgan fingerprint density at radius 3 is 2.90 bits per heavy atom. The van der Waals surface area contributed by atoms with Crippen LogP contribution >= 0.6 is 11.8 Å². The number of nitrogens with two attached hydrogens (primary N) is 1. The molecule has 3 aliphatic rings. The highest BCUT2D eigenvalue weighted by atomic mass is 32.2. The Labute approximate surface area is 121 Å². The smallest absolute Gasteiger partial charge is 0.327 e. The molecule has 5 nitrogen and oxygen atoms in total. The maximum Gasteiger partial charge on any atom is 0.327 e. The number of carboxylic acids is 1. The third-order valence-corrected chi connectivity index (χ3v) is 5.62. The first-order chi connectivity index (χ1) is 9.49. The van der Waals surface area contributed by atoms with Gasteiger partial charge in [-0.1, -0.05) is 12.2 Å². The van der Waals surface area contributed by atoms with Gasteiger partial charge in [-0.15, -0.1) is 0 Å². The van der Waals surface area contributed by atoms with Gasteiger partial charge in [-0.05, 0) is 36.7 Å². The molecule has 3 rings (SSSR count). The molecule has 2 fully saturated rings. The number of rotatable bonds is 5. The zero-order chi connectivity index (χ0) is 14.5. The van der Waals surface area contributed by atoms with Gasteiger partial charge in [0.05, 0.1) is 5.92 Å². The fourth-order valence-corrected chi connectivity index (χ4v) is 4.52. The second-order valence-corrected chi connectivity index (χ2v) is 6.98. The predicted octanol–water partition coefficient (Wildman–Crippen LogP) is 0.885. The van der Waals surface area contributed by atoms with Crippen LogP contribution in [0.1, 0.15) is 12.8 Å². The van der Waals surface area contributed by atoms with Crippen LogP contribution in [0.25, 0.3) is 0 Å². The zero-order valence-electron chi connectivity index (χ0n) is 11.3. The lowest BCUT2D eigenvalue weighted by molar-refractivity contribution is -0.156. The van der Waals surface area contributed by atoms with E-state index in [0.717, 1.165) is 6.42 Å². The Kier molecular flexibility index (Phi) is 3.33. The molecule has 20 heavy (non-hydrogen) atoms. The molecule has 0 amide bonds. The summed E-state index contributed by atoms with van der Waals surface area (Å²) in [6.07, 6.45) is 6.61. The van der Waals surface area contributed by atoms with Gasteiger partial charge in [0.1, 0.15) is 6.10 Å². The van der Waals surface area contributed by atoms with Crippen molar-refractivity contribution in [3.63, 3.8) is 0 Å². The third-order valence-electron chi connectivity index (χ3n) is 5.01. The van der Waals surface area contributed by atoms with E-state index in [1.807, 2.05) is 6.26 Å².